The Morgan fingerprint density at radius 3 is 2.38 bits per heavy atom. The molecule has 0 saturated heterocycles. The van der Waals surface area contributed by atoms with Gasteiger partial charge in [-0.3, -0.25) is 0 Å². The standard InChI is InChI=1S/C17H20BrNOS/c1-4-19-12(2)16-10-9-15(11-17(16)18)21-14-7-5-13(20-3)6-8-14/h5-12,19H,4H2,1-3H3. The van der Waals surface area contributed by atoms with E-state index in [4.69, 9.17) is 4.74 Å². The Kier molecular flexibility index (Phi) is 6.15. The zero-order valence-electron chi connectivity index (χ0n) is 12.5. The van der Waals surface area contributed by atoms with Crippen LogP contribution in [0.4, 0.5) is 0 Å². The fourth-order valence-electron chi connectivity index (χ4n) is 2.12. The molecule has 1 N–H and O–H groups in total. The first-order valence-electron chi connectivity index (χ1n) is 6.98. The van der Waals surface area contributed by atoms with E-state index in [1.54, 1.807) is 18.9 Å². The molecule has 0 spiro atoms. The maximum atomic E-state index is 5.18. The molecule has 0 aliphatic heterocycles. The summed E-state index contributed by atoms with van der Waals surface area (Å²) in [7, 11) is 1.68. The third kappa shape index (κ3) is 4.50. The number of methoxy groups -OCH3 is 1. The zero-order chi connectivity index (χ0) is 15.2. The average Bonchev–Trinajstić information content (AvgIpc) is 2.48. The van der Waals surface area contributed by atoms with Crippen molar-refractivity contribution in [2.45, 2.75) is 29.7 Å². The first-order chi connectivity index (χ1) is 10.1. The predicted molar refractivity (Wildman–Crippen MR) is 93.4 cm³/mol. The van der Waals surface area contributed by atoms with E-state index in [0.717, 1.165) is 16.8 Å². The van der Waals surface area contributed by atoms with E-state index in [1.807, 2.05) is 12.1 Å². The molecule has 4 heteroatoms. The number of hydrogen-bond acceptors (Lipinski definition) is 3. The Bertz CT molecular complexity index is 586. The van der Waals surface area contributed by atoms with Gasteiger partial charge < -0.3 is 10.1 Å². The molecule has 0 aromatic heterocycles. The van der Waals surface area contributed by atoms with Gasteiger partial charge in [-0.05, 0) is 55.4 Å². The third-order valence-corrected chi connectivity index (χ3v) is 4.93. The van der Waals surface area contributed by atoms with Gasteiger partial charge >= 0.3 is 0 Å². The van der Waals surface area contributed by atoms with Gasteiger partial charge in [0.2, 0.25) is 0 Å². The van der Waals surface area contributed by atoms with E-state index in [1.165, 1.54) is 15.4 Å². The summed E-state index contributed by atoms with van der Waals surface area (Å²) >= 11 is 5.43. The van der Waals surface area contributed by atoms with Gasteiger partial charge in [0.1, 0.15) is 5.75 Å². The number of benzene rings is 2. The summed E-state index contributed by atoms with van der Waals surface area (Å²) in [6, 6.07) is 15.0. The SMILES string of the molecule is CCNC(C)c1ccc(Sc2ccc(OC)cc2)cc1Br. The summed E-state index contributed by atoms with van der Waals surface area (Å²) in [4.78, 5) is 2.43. The largest absolute Gasteiger partial charge is 0.497 e. The van der Waals surface area contributed by atoms with Gasteiger partial charge in [-0.25, -0.2) is 0 Å². The second-order valence-electron chi connectivity index (χ2n) is 4.74. The van der Waals surface area contributed by atoms with Gasteiger partial charge in [0.15, 0.2) is 0 Å². The molecular weight excluding hydrogens is 346 g/mol. The highest BCUT2D eigenvalue weighted by molar-refractivity contribution is 9.10. The Hall–Kier alpha value is -0.970. The molecule has 0 radical (unpaired) electrons. The van der Waals surface area contributed by atoms with Crippen molar-refractivity contribution < 1.29 is 4.74 Å². The van der Waals surface area contributed by atoms with E-state index < -0.39 is 0 Å². The Labute approximate surface area is 139 Å². The highest BCUT2D eigenvalue weighted by Gasteiger charge is 2.09. The van der Waals surface area contributed by atoms with Crippen LogP contribution >= 0.6 is 27.7 Å². The third-order valence-electron chi connectivity index (χ3n) is 3.24. The second-order valence-corrected chi connectivity index (χ2v) is 6.74. The molecule has 0 fully saturated rings. The normalized spacial score (nSPS) is 12.2. The zero-order valence-corrected chi connectivity index (χ0v) is 14.9. The Balaban J connectivity index is 2.12. The van der Waals surface area contributed by atoms with Crippen molar-refractivity contribution in [3.63, 3.8) is 0 Å². The van der Waals surface area contributed by atoms with E-state index in [9.17, 15) is 0 Å². The van der Waals surface area contributed by atoms with Crippen molar-refractivity contribution in [1.29, 1.82) is 0 Å². The van der Waals surface area contributed by atoms with Crippen LogP contribution in [0.25, 0.3) is 0 Å². The molecule has 0 amide bonds. The monoisotopic (exact) mass is 365 g/mol. The molecule has 0 saturated carbocycles. The summed E-state index contributed by atoms with van der Waals surface area (Å²) in [6.45, 7) is 5.27. The van der Waals surface area contributed by atoms with Crippen LogP contribution in [-0.2, 0) is 0 Å². The minimum Gasteiger partial charge on any atom is -0.497 e. The fraction of sp³-hybridized carbons (Fsp3) is 0.294. The highest BCUT2D eigenvalue weighted by Crippen LogP contribution is 2.33. The van der Waals surface area contributed by atoms with Crippen LogP contribution in [0.2, 0.25) is 0 Å². The highest BCUT2D eigenvalue weighted by atomic mass is 79.9. The maximum Gasteiger partial charge on any atom is 0.118 e. The molecule has 0 heterocycles. The molecule has 1 unspecified atom stereocenters. The molecular formula is C17H20BrNOS. The molecule has 0 bridgehead atoms. The molecule has 0 aliphatic rings. The van der Waals surface area contributed by atoms with Crippen molar-refractivity contribution in [2.24, 2.45) is 0 Å². The lowest BCUT2D eigenvalue weighted by atomic mass is 10.1. The molecule has 112 valence electrons. The lowest BCUT2D eigenvalue weighted by molar-refractivity contribution is 0.414. The van der Waals surface area contributed by atoms with E-state index in [0.29, 0.717) is 6.04 Å². The van der Waals surface area contributed by atoms with E-state index >= 15 is 0 Å². The van der Waals surface area contributed by atoms with Gasteiger partial charge in [-0.2, -0.15) is 0 Å². The van der Waals surface area contributed by atoms with Gasteiger partial charge in [0, 0.05) is 20.3 Å². The summed E-state index contributed by atoms with van der Waals surface area (Å²) in [5, 5.41) is 3.43. The first kappa shape index (κ1) is 16.4. The quantitative estimate of drug-likeness (QED) is 0.752. The summed E-state index contributed by atoms with van der Waals surface area (Å²) < 4.78 is 6.33. The fourth-order valence-corrected chi connectivity index (χ4v) is 3.85. The smallest absolute Gasteiger partial charge is 0.118 e. The molecule has 2 nitrogen and oxygen atoms in total. The van der Waals surface area contributed by atoms with Crippen LogP contribution in [0, 0.1) is 0 Å². The lowest BCUT2D eigenvalue weighted by Crippen LogP contribution is -2.17. The van der Waals surface area contributed by atoms with Crippen molar-refractivity contribution in [3.8, 4) is 5.75 Å². The van der Waals surface area contributed by atoms with Crippen LogP contribution in [-0.4, -0.2) is 13.7 Å². The number of halogens is 1. The summed E-state index contributed by atoms with van der Waals surface area (Å²) in [5.74, 6) is 0.885. The number of nitrogens with one attached hydrogen (secondary N) is 1. The first-order valence-corrected chi connectivity index (χ1v) is 8.59. The van der Waals surface area contributed by atoms with Crippen molar-refractivity contribution in [1.82, 2.24) is 5.32 Å². The molecule has 0 aliphatic carbocycles. The minimum absolute atomic E-state index is 0.351. The van der Waals surface area contributed by atoms with Gasteiger partial charge in [-0.15, -0.1) is 0 Å². The second kappa shape index (κ2) is 7.87. The molecule has 21 heavy (non-hydrogen) atoms. The van der Waals surface area contributed by atoms with Gasteiger partial charge in [0.25, 0.3) is 0 Å². The van der Waals surface area contributed by atoms with Gasteiger partial charge in [0.05, 0.1) is 7.11 Å². The molecule has 1 atom stereocenters. The number of ether oxygens (including phenoxy) is 1. The van der Waals surface area contributed by atoms with Crippen LogP contribution in [0.3, 0.4) is 0 Å². The Morgan fingerprint density at radius 2 is 1.81 bits per heavy atom. The molecule has 2 rings (SSSR count). The lowest BCUT2D eigenvalue weighted by Gasteiger charge is -2.15. The summed E-state index contributed by atoms with van der Waals surface area (Å²) in [5.41, 5.74) is 1.29. The van der Waals surface area contributed by atoms with E-state index in [2.05, 4.69) is 65.4 Å². The minimum atomic E-state index is 0.351. The average molecular weight is 366 g/mol. The van der Waals surface area contributed by atoms with Crippen LogP contribution in [0.15, 0.2) is 56.7 Å². The Morgan fingerprint density at radius 1 is 1.14 bits per heavy atom. The van der Waals surface area contributed by atoms with Crippen LogP contribution in [0.5, 0.6) is 5.75 Å². The molecule has 2 aromatic rings. The van der Waals surface area contributed by atoms with Crippen LogP contribution in [0.1, 0.15) is 25.5 Å². The molecule has 2 aromatic carbocycles. The van der Waals surface area contributed by atoms with Crippen molar-refractivity contribution in [2.75, 3.05) is 13.7 Å². The predicted octanol–water partition coefficient (Wildman–Crippen LogP) is 5.28. The van der Waals surface area contributed by atoms with Crippen molar-refractivity contribution in [3.05, 3.63) is 52.5 Å². The van der Waals surface area contributed by atoms with Crippen molar-refractivity contribution >= 4 is 27.7 Å². The number of hydrogen-bond donors (Lipinski definition) is 1. The topological polar surface area (TPSA) is 21.3 Å². The number of rotatable bonds is 6. The van der Waals surface area contributed by atoms with E-state index in [-0.39, 0.29) is 0 Å². The van der Waals surface area contributed by atoms with Crippen LogP contribution < -0.4 is 10.1 Å². The summed E-state index contributed by atoms with van der Waals surface area (Å²) in [6.07, 6.45) is 0. The maximum absolute atomic E-state index is 5.18. The van der Waals surface area contributed by atoms with Gasteiger partial charge in [-0.1, -0.05) is 40.7 Å².